The van der Waals surface area contributed by atoms with Crippen molar-refractivity contribution in [2.24, 2.45) is 5.92 Å². The van der Waals surface area contributed by atoms with E-state index in [9.17, 15) is 19.5 Å². The fraction of sp³-hybridized carbons (Fsp3) is 0.577. The van der Waals surface area contributed by atoms with Gasteiger partial charge in [-0.2, -0.15) is 0 Å². The lowest BCUT2D eigenvalue weighted by molar-refractivity contribution is -0.141. The van der Waals surface area contributed by atoms with Crippen LogP contribution in [0.15, 0.2) is 42.0 Å². The SMILES string of the molecule is CN[C@H](C(=O)N[C@H](C(=O)N(C)[C@H](C=C(C)C(=O)O)C(C)C)C(C)(C)F)C(C)(C)c1ccccc1. The van der Waals surface area contributed by atoms with Crippen molar-refractivity contribution in [1.82, 2.24) is 15.5 Å². The standard InChI is InChI=1S/C26H40FN3O4/c1-16(2)19(15-17(3)24(33)34)30(9)23(32)21(26(6,7)27)29-22(31)20(28-8)25(4,5)18-13-11-10-12-14-18/h10-16,19-21,28H,1-9H3,(H,29,31)(H,33,34)/t19-,20-,21-/m1/s1. The van der Waals surface area contributed by atoms with Crippen LogP contribution in [0.4, 0.5) is 4.39 Å². The highest BCUT2D eigenvalue weighted by Crippen LogP contribution is 2.28. The van der Waals surface area contributed by atoms with Gasteiger partial charge in [-0.1, -0.05) is 64.1 Å². The predicted octanol–water partition coefficient (Wildman–Crippen LogP) is 3.30. The molecule has 0 bridgehead atoms. The fourth-order valence-electron chi connectivity index (χ4n) is 4.04. The molecule has 1 aromatic rings. The molecule has 190 valence electrons. The van der Waals surface area contributed by atoms with Crippen LogP contribution in [0.2, 0.25) is 0 Å². The van der Waals surface area contributed by atoms with Crippen LogP contribution in [-0.2, 0) is 19.8 Å². The van der Waals surface area contributed by atoms with E-state index in [4.69, 9.17) is 0 Å². The maximum absolute atomic E-state index is 15.3. The molecule has 0 unspecified atom stereocenters. The summed E-state index contributed by atoms with van der Waals surface area (Å²) in [5.41, 5.74) is -1.72. The van der Waals surface area contributed by atoms with E-state index >= 15 is 4.39 Å². The van der Waals surface area contributed by atoms with E-state index in [1.165, 1.54) is 38.8 Å². The summed E-state index contributed by atoms with van der Waals surface area (Å²) in [7, 11) is 3.14. The van der Waals surface area contributed by atoms with E-state index in [-0.39, 0.29) is 11.5 Å². The van der Waals surface area contributed by atoms with Crippen LogP contribution in [0.1, 0.15) is 54.0 Å². The summed E-state index contributed by atoms with van der Waals surface area (Å²) in [5, 5.41) is 14.9. The average Bonchev–Trinajstić information content (AvgIpc) is 2.74. The van der Waals surface area contributed by atoms with Crippen molar-refractivity contribution in [2.45, 2.75) is 77.7 Å². The first-order valence-corrected chi connectivity index (χ1v) is 11.5. The summed E-state index contributed by atoms with van der Waals surface area (Å²) >= 11 is 0. The first-order valence-electron chi connectivity index (χ1n) is 11.5. The van der Waals surface area contributed by atoms with Gasteiger partial charge in [0.25, 0.3) is 0 Å². The van der Waals surface area contributed by atoms with Crippen molar-refractivity contribution in [3.05, 3.63) is 47.5 Å². The van der Waals surface area contributed by atoms with Gasteiger partial charge in [-0.05, 0) is 39.3 Å². The number of carboxylic acids is 1. The van der Waals surface area contributed by atoms with Crippen molar-refractivity contribution in [3.63, 3.8) is 0 Å². The summed E-state index contributed by atoms with van der Waals surface area (Å²) in [4.78, 5) is 39.4. The van der Waals surface area contributed by atoms with Gasteiger partial charge < -0.3 is 20.6 Å². The maximum atomic E-state index is 15.3. The Balaban J connectivity index is 3.29. The van der Waals surface area contributed by atoms with Gasteiger partial charge in [-0.3, -0.25) is 9.59 Å². The number of hydrogen-bond donors (Lipinski definition) is 3. The molecule has 1 aromatic carbocycles. The second-order valence-corrected chi connectivity index (χ2v) is 10.2. The molecular formula is C26H40FN3O4. The summed E-state index contributed by atoms with van der Waals surface area (Å²) < 4.78 is 15.3. The Bertz CT molecular complexity index is 891. The highest BCUT2D eigenvalue weighted by Gasteiger charge is 2.43. The van der Waals surface area contributed by atoms with Gasteiger partial charge in [0.15, 0.2) is 0 Å². The Morgan fingerprint density at radius 2 is 1.59 bits per heavy atom. The Kier molecular flexibility index (Phi) is 9.99. The normalized spacial score (nSPS) is 15.4. The number of hydrogen-bond acceptors (Lipinski definition) is 4. The Labute approximate surface area is 202 Å². The zero-order chi connectivity index (χ0) is 26.4. The summed E-state index contributed by atoms with van der Waals surface area (Å²) in [5.74, 6) is -2.37. The monoisotopic (exact) mass is 477 g/mol. The van der Waals surface area contributed by atoms with E-state index in [2.05, 4.69) is 10.6 Å². The lowest BCUT2D eigenvalue weighted by atomic mass is 9.77. The number of aliphatic carboxylic acids is 1. The Morgan fingerprint density at radius 3 is 2.00 bits per heavy atom. The zero-order valence-electron chi connectivity index (χ0n) is 21.8. The van der Waals surface area contributed by atoms with E-state index < -0.39 is 47.0 Å². The number of carbonyl (C=O) groups excluding carboxylic acids is 2. The Hall–Kier alpha value is -2.74. The van der Waals surface area contributed by atoms with E-state index in [1.807, 2.05) is 58.0 Å². The Morgan fingerprint density at radius 1 is 1.06 bits per heavy atom. The van der Waals surface area contributed by atoms with Crippen molar-refractivity contribution in [3.8, 4) is 0 Å². The number of halogens is 1. The van der Waals surface area contributed by atoms with Crippen molar-refractivity contribution >= 4 is 17.8 Å². The van der Waals surface area contributed by atoms with E-state index in [0.29, 0.717) is 0 Å². The zero-order valence-corrected chi connectivity index (χ0v) is 21.8. The molecule has 0 aliphatic carbocycles. The van der Waals surface area contributed by atoms with Gasteiger partial charge in [0.2, 0.25) is 11.8 Å². The third-order valence-corrected chi connectivity index (χ3v) is 6.25. The second kappa shape index (κ2) is 11.6. The molecule has 0 aromatic heterocycles. The minimum absolute atomic E-state index is 0.0818. The number of nitrogens with zero attached hydrogens (tertiary/aromatic N) is 1. The third kappa shape index (κ3) is 7.13. The topological polar surface area (TPSA) is 98.7 Å². The highest BCUT2D eigenvalue weighted by atomic mass is 19.1. The van der Waals surface area contributed by atoms with Gasteiger partial charge in [0.1, 0.15) is 11.7 Å². The van der Waals surface area contributed by atoms with Crippen molar-refractivity contribution in [2.75, 3.05) is 14.1 Å². The molecule has 0 saturated heterocycles. The van der Waals surface area contributed by atoms with Crippen molar-refractivity contribution < 1.29 is 23.9 Å². The fourth-order valence-corrected chi connectivity index (χ4v) is 4.04. The highest BCUT2D eigenvalue weighted by molar-refractivity contribution is 5.92. The number of nitrogens with one attached hydrogen (secondary N) is 2. The van der Waals surface area contributed by atoms with Gasteiger partial charge in [-0.25, -0.2) is 9.18 Å². The number of carboxylic acid groups (broad SMARTS) is 1. The molecule has 0 saturated carbocycles. The molecular weight excluding hydrogens is 437 g/mol. The van der Waals surface area contributed by atoms with Crippen LogP contribution in [0.25, 0.3) is 0 Å². The molecule has 0 radical (unpaired) electrons. The number of amides is 2. The largest absolute Gasteiger partial charge is 0.478 e. The van der Waals surface area contributed by atoms with Gasteiger partial charge in [-0.15, -0.1) is 0 Å². The quantitative estimate of drug-likeness (QED) is 0.425. The van der Waals surface area contributed by atoms with Crippen LogP contribution >= 0.6 is 0 Å². The molecule has 8 heteroatoms. The summed E-state index contributed by atoms with van der Waals surface area (Å²) in [6, 6.07) is 6.68. The minimum atomic E-state index is -2.07. The molecule has 0 fully saturated rings. The molecule has 3 N–H and O–H groups in total. The molecule has 3 atom stereocenters. The predicted molar refractivity (Wildman–Crippen MR) is 132 cm³/mol. The van der Waals surface area contributed by atoms with E-state index in [0.717, 1.165) is 5.56 Å². The van der Waals surface area contributed by atoms with Crippen LogP contribution in [0.3, 0.4) is 0 Å². The smallest absolute Gasteiger partial charge is 0.331 e. The number of benzene rings is 1. The molecule has 0 aliphatic rings. The van der Waals surface area contributed by atoms with Crippen LogP contribution < -0.4 is 10.6 Å². The van der Waals surface area contributed by atoms with Gasteiger partial charge >= 0.3 is 5.97 Å². The lowest BCUT2D eigenvalue weighted by Gasteiger charge is -2.38. The molecule has 0 aliphatic heterocycles. The third-order valence-electron chi connectivity index (χ3n) is 6.25. The molecule has 0 heterocycles. The molecule has 34 heavy (non-hydrogen) atoms. The molecule has 1 rings (SSSR count). The average molecular weight is 478 g/mol. The summed E-state index contributed by atoms with van der Waals surface area (Å²) in [6.07, 6.45) is 1.48. The number of carbonyl (C=O) groups is 3. The first kappa shape index (κ1) is 29.3. The van der Waals surface area contributed by atoms with Gasteiger partial charge in [0.05, 0.1) is 12.1 Å². The summed E-state index contributed by atoms with van der Waals surface area (Å²) in [6.45, 7) is 11.4. The number of likely N-dealkylation sites (N-methyl/N-ethyl adjacent to an activating group) is 2. The first-order chi connectivity index (χ1) is 15.5. The van der Waals surface area contributed by atoms with Crippen LogP contribution in [0, 0.1) is 5.92 Å². The molecule has 0 spiro atoms. The van der Waals surface area contributed by atoms with Crippen LogP contribution in [-0.4, -0.2) is 65.7 Å². The molecule has 7 nitrogen and oxygen atoms in total. The van der Waals surface area contributed by atoms with Crippen molar-refractivity contribution in [1.29, 1.82) is 0 Å². The van der Waals surface area contributed by atoms with E-state index in [1.54, 1.807) is 7.05 Å². The van der Waals surface area contributed by atoms with Gasteiger partial charge in [0, 0.05) is 18.0 Å². The minimum Gasteiger partial charge on any atom is -0.478 e. The number of rotatable bonds is 11. The molecule has 2 amide bonds. The second-order valence-electron chi connectivity index (χ2n) is 10.2. The van der Waals surface area contributed by atoms with Crippen LogP contribution in [0.5, 0.6) is 0 Å². The maximum Gasteiger partial charge on any atom is 0.331 e. The number of alkyl halides is 1. The lowest BCUT2D eigenvalue weighted by Crippen LogP contribution is -2.63.